The number of likely N-dealkylation sites (tertiary alicyclic amines) is 1. The lowest BCUT2D eigenvalue weighted by atomic mass is 10.1. The molecule has 0 saturated carbocycles. The van der Waals surface area contributed by atoms with Crippen molar-refractivity contribution in [3.63, 3.8) is 0 Å². The minimum Gasteiger partial charge on any atom is -0.497 e. The Morgan fingerprint density at radius 1 is 1.45 bits per heavy atom. The van der Waals surface area contributed by atoms with Crippen LogP contribution in [0.4, 0.5) is 0 Å². The van der Waals surface area contributed by atoms with Gasteiger partial charge in [-0.1, -0.05) is 0 Å². The molecule has 0 bridgehead atoms. The number of H-pyrrole nitrogens is 1. The number of amides is 1. The molecule has 1 aliphatic heterocycles. The van der Waals surface area contributed by atoms with E-state index in [0.717, 1.165) is 23.2 Å². The smallest absolute Gasteiger partial charge is 0.222 e. The first-order chi connectivity index (χ1) is 9.60. The largest absolute Gasteiger partial charge is 0.497 e. The van der Waals surface area contributed by atoms with Crippen molar-refractivity contribution < 1.29 is 9.53 Å². The van der Waals surface area contributed by atoms with Crippen molar-refractivity contribution in [3.8, 4) is 5.75 Å². The second-order valence-corrected chi connectivity index (χ2v) is 5.54. The molecular weight excluding hydrogens is 274 g/mol. The van der Waals surface area contributed by atoms with Gasteiger partial charge in [-0.25, -0.2) is 0 Å². The van der Waals surface area contributed by atoms with E-state index in [2.05, 4.69) is 9.55 Å². The summed E-state index contributed by atoms with van der Waals surface area (Å²) in [6, 6.07) is 6.11. The average molecular weight is 291 g/mol. The number of piperidine rings is 1. The minimum atomic E-state index is 0.203. The lowest BCUT2D eigenvalue weighted by Crippen LogP contribution is -2.37. The highest BCUT2D eigenvalue weighted by atomic mass is 32.1. The van der Waals surface area contributed by atoms with Crippen molar-refractivity contribution in [1.82, 2.24) is 14.5 Å². The summed E-state index contributed by atoms with van der Waals surface area (Å²) >= 11 is 5.44. The lowest BCUT2D eigenvalue weighted by molar-refractivity contribution is -0.132. The molecule has 3 rings (SSSR count). The molecule has 1 aromatic heterocycles. The molecule has 1 fully saturated rings. The number of carbonyl (C=O) groups excluding carboxylic acids is 1. The van der Waals surface area contributed by atoms with Gasteiger partial charge in [0, 0.05) is 26.1 Å². The van der Waals surface area contributed by atoms with Crippen LogP contribution in [0.3, 0.4) is 0 Å². The van der Waals surface area contributed by atoms with Gasteiger partial charge in [0.05, 0.1) is 24.2 Å². The molecule has 1 aliphatic rings. The number of aromatic nitrogens is 2. The van der Waals surface area contributed by atoms with Crippen LogP contribution in [0.25, 0.3) is 11.0 Å². The SMILES string of the molecule is COc1ccc2c(c1)[nH]c(=S)n2C1CCC(=O)N(C)C1. The number of methoxy groups -OCH3 is 1. The van der Waals surface area contributed by atoms with Gasteiger partial charge in [-0.2, -0.15) is 0 Å². The second kappa shape index (κ2) is 4.94. The van der Waals surface area contributed by atoms with E-state index in [1.165, 1.54) is 0 Å². The Hall–Kier alpha value is -1.82. The number of aromatic amines is 1. The van der Waals surface area contributed by atoms with Crippen LogP contribution in [0, 0.1) is 4.77 Å². The zero-order valence-corrected chi connectivity index (χ0v) is 12.4. The highest BCUT2D eigenvalue weighted by Gasteiger charge is 2.25. The zero-order chi connectivity index (χ0) is 14.3. The molecular formula is C14H17N3O2S. The van der Waals surface area contributed by atoms with Crippen LogP contribution in [-0.4, -0.2) is 41.1 Å². The molecule has 2 aromatic rings. The second-order valence-electron chi connectivity index (χ2n) is 5.15. The highest BCUT2D eigenvalue weighted by molar-refractivity contribution is 7.71. The summed E-state index contributed by atoms with van der Waals surface area (Å²) in [7, 11) is 3.49. The van der Waals surface area contributed by atoms with Gasteiger partial charge in [-0.3, -0.25) is 4.79 Å². The molecule has 0 aliphatic carbocycles. The van der Waals surface area contributed by atoms with Crippen molar-refractivity contribution in [1.29, 1.82) is 0 Å². The Balaban J connectivity index is 2.05. The van der Waals surface area contributed by atoms with Crippen molar-refractivity contribution in [3.05, 3.63) is 23.0 Å². The zero-order valence-electron chi connectivity index (χ0n) is 11.5. The quantitative estimate of drug-likeness (QED) is 0.865. The van der Waals surface area contributed by atoms with Gasteiger partial charge in [-0.15, -0.1) is 0 Å². The summed E-state index contributed by atoms with van der Waals surface area (Å²) in [5, 5.41) is 0. The predicted octanol–water partition coefficient (Wildman–Crippen LogP) is 2.50. The Kier molecular flexibility index (Phi) is 3.25. The third kappa shape index (κ3) is 2.10. The van der Waals surface area contributed by atoms with Crippen LogP contribution < -0.4 is 4.74 Å². The van der Waals surface area contributed by atoms with Crippen LogP contribution in [0.15, 0.2) is 18.2 Å². The monoisotopic (exact) mass is 291 g/mol. The van der Waals surface area contributed by atoms with Gasteiger partial charge < -0.3 is 19.2 Å². The van der Waals surface area contributed by atoms with Gasteiger partial charge in [0.2, 0.25) is 5.91 Å². The molecule has 6 heteroatoms. The van der Waals surface area contributed by atoms with Gasteiger partial charge >= 0.3 is 0 Å². The molecule has 106 valence electrons. The van der Waals surface area contributed by atoms with E-state index in [1.807, 2.05) is 25.2 Å². The minimum absolute atomic E-state index is 0.203. The van der Waals surface area contributed by atoms with Gasteiger partial charge in [0.15, 0.2) is 4.77 Å². The number of carbonyl (C=O) groups is 1. The van der Waals surface area contributed by atoms with Crippen molar-refractivity contribution in [2.24, 2.45) is 0 Å². The fourth-order valence-corrected chi connectivity index (χ4v) is 3.16. The van der Waals surface area contributed by atoms with Crippen molar-refractivity contribution >= 4 is 29.2 Å². The highest BCUT2D eigenvalue weighted by Crippen LogP contribution is 2.28. The predicted molar refractivity (Wildman–Crippen MR) is 79.6 cm³/mol. The first-order valence-corrected chi connectivity index (χ1v) is 7.03. The van der Waals surface area contributed by atoms with Gasteiger partial charge in [-0.05, 0) is 30.8 Å². The molecule has 20 heavy (non-hydrogen) atoms. The van der Waals surface area contributed by atoms with E-state index in [9.17, 15) is 4.79 Å². The molecule has 5 nitrogen and oxygen atoms in total. The maximum Gasteiger partial charge on any atom is 0.222 e. The lowest BCUT2D eigenvalue weighted by Gasteiger charge is -2.30. The Morgan fingerprint density at radius 3 is 2.95 bits per heavy atom. The first kappa shape index (κ1) is 13.2. The summed E-state index contributed by atoms with van der Waals surface area (Å²) in [5.74, 6) is 1.01. The van der Waals surface area contributed by atoms with Crippen LogP contribution >= 0.6 is 12.2 Å². The molecule has 0 spiro atoms. The normalized spacial score (nSPS) is 19.6. The maximum absolute atomic E-state index is 11.6. The number of likely N-dealkylation sites (N-methyl/N-ethyl adjacent to an activating group) is 1. The summed E-state index contributed by atoms with van der Waals surface area (Å²) < 4.78 is 8.05. The van der Waals surface area contributed by atoms with Crippen LogP contribution in [-0.2, 0) is 4.79 Å². The fourth-order valence-electron chi connectivity index (χ4n) is 2.80. The Labute approximate surface area is 122 Å². The molecule has 2 heterocycles. The standard InChI is InChI=1S/C14H17N3O2S/c1-16-8-9(3-6-13(16)18)17-12-5-4-10(19-2)7-11(12)15-14(17)20/h4-5,7,9H,3,6,8H2,1-2H3,(H,15,20). The third-order valence-corrected chi connectivity index (χ3v) is 4.19. The van der Waals surface area contributed by atoms with E-state index in [0.29, 0.717) is 17.7 Å². The van der Waals surface area contributed by atoms with Crippen LogP contribution in [0.5, 0.6) is 5.75 Å². The summed E-state index contributed by atoms with van der Waals surface area (Å²) in [5.41, 5.74) is 2.03. The number of imidazole rings is 1. The third-order valence-electron chi connectivity index (χ3n) is 3.89. The molecule has 1 saturated heterocycles. The van der Waals surface area contributed by atoms with E-state index in [1.54, 1.807) is 12.0 Å². The summed E-state index contributed by atoms with van der Waals surface area (Å²) in [6.45, 7) is 0.701. The topological polar surface area (TPSA) is 50.3 Å². The Morgan fingerprint density at radius 2 is 2.25 bits per heavy atom. The summed E-state index contributed by atoms with van der Waals surface area (Å²) in [4.78, 5) is 16.6. The number of ether oxygens (including phenoxy) is 1. The van der Waals surface area contributed by atoms with Gasteiger partial charge in [0.1, 0.15) is 5.75 Å². The maximum atomic E-state index is 11.6. The molecule has 1 amide bonds. The number of nitrogens with zero attached hydrogens (tertiary/aromatic N) is 2. The number of hydrogen-bond donors (Lipinski definition) is 1. The number of benzene rings is 1. The van der Waals surface area contributed by atoms with Crippen molar-refractivity contribution in [2.75, 3.05) is 20.7 Å². The van der Waals surface area contributed by atoms with Gasteiger partial charge in [0.25, 0.3) is 0 Å². The van der Waals surface area contributed by atoms with E-state index in [-0.39, 0.29) is 11.9 Å². The number of rotatable bonds is 2. The molecule has 1 unspecified atom stereocenters. The number of fused-ring (bicyclic) bond motifs is 1. The Bertz CT molecular complexity index is 719. The fraction of sp³-hybridized carbons (Fsp3) is 0.429. The number of hydrogen-bond acceptors (Lipinski definition) is 3. The van der Waals surface area contributed by atoms with E-state index >= 15 is 0 Å². The van der Waals surface area contributed by atoms with E-state index in [4.69, 9.17) is 17.0 Å². The first-order valence-electron chi connectivity index (χ1n) is 6.62. The molecule has 1 N–H and O–H groups in total. The molecule has 1 aromatic carbocycles. The van der Waals surface area contributed by atoms with Crippen molar-refractivity contribution in [2.45, 2.75) is 18.9 Å². The van der Waals surface area contributed by atoms with Crippen LogP contribution in [0.2, 0.25) is 0 Å². The number of nitrogens with one attached hydrogen (secondary N) is 1. The van der Waals surface area contributed by atoms with E-state index < -0.39 is 0 Å². The summed E-state index contributed by atoms with van der Waals surface area (Å²) in [6.07, 6.45) is 1.40. The average Bonchev–Trinajstić information content (AvgIpc) is 2.76. The van der Waals surface area contributed by atoms with Crippen LogP contribution in [0.1, 0.15) is 18.9 Å². The molecule has 0 radical (unpaired) electrons. The molecule has 1 atom stereocenters.